The van der Waals surface area contributed by atoms with E-state index < -0.39 is 11.7 Å². The molecule has 1 aromatic heterocycles. The lowest BCUT2D eigenvalue weighted by atomic mass is 10.1. The number of halogens is 1. The summed E-state index contributed by atoms with van der Waals surface area (Å²) >= 11 is 0. The molecule has 0 radical (unpaired) electrons. The Kier molecular flexibility index (Phi) is 6.83. The average Bonchev–Trinajstić information content (AvgIpc) is 3.42. The van der Waals surface area contributed by atoms with E-state index in [1.54, 1.807) is 28.8 Å². The maximum absolute atomic E-state index is 14.7. The topological polar surface area (TPSA) is 102 Å². The molecule has 1 saturated heterocycles. The fourth-order valence-corrected chi connectivity index (χ4v) is 3.75. The normalized spacial score (nSPS) is 15.1. The molecule has 2 amide bonds. The van der Waals surface area contributed by atoms with Crippen molar-refractivity contribution >= 4 is 17.6 Å². The molecule has 0 saturated carbocycles. The molecule has 8 nitrogen and oxygen atoms in total. The Labute approximate surface area is 186 Å². The fourth-order valence-electron chi connectivity index (χ4n) is 3.75. The summed E-state index contributed by atoms with van der Waals surface area (Å²) in [6.45, 7) is 6.42. The van der Waals surface area contributed by atoms with E-state index >= 15 is 0 Å². The lowest BCUT2D eigenvalue weighted by Crippen LogP contribution is -2.27. The second-order valence-electron chi connectivity index (χ2n) is 7.33. The van der Waals surface area contributed by atoms with Crippen LogP contribution in [0.4, 0.5) is 10.2 Å². The van der Waals surface area contributed by atoms with E-state index in [9.17, 15) is 14.0 Å². The number of aryl methyl sites for hydroxylation is 1. The number of amides is 2. The standard InChI is InChI=1S/C23H26FN5O3/c1-5-14-11-15(21(24)18(12-14)32-4)7-8-17-20(22(25)31)23(26-3)29(27-17)16-9-10-28(13-16)19(30)6-2/h6,11-12,16,26H,2,5,9-10,13H2,1,3-4H3,(H2,25,31)/t16-/m0/s1. The van der Waals surface area contributed by atoms with Crippen LogP contribution in [-0.2, 0) is 11.2 Å². The summed E-state index contributed by atoms with van der Waals surface area (Å²) in [5.74, 6) is 4.62. The molecular weight excluding hydrogens is 413 g/mol. The zero-order valence-electron chi connectivity index (χ0n) is 18.4. The van der Waals surface area contributed by atoms with Crippen molar-refractivity contribution < 1.29 is 18.7 Å². The van der Waals surface area contributed by atoms with E-state index in [4.69, 9.17) is 10.5 Å². The Hall–Kier alpha value is -3.80. The van der Waals surface area contributed by atoms with Gasteiger partial charge in [-0.3, -0.25) is 9.59 Å². The summed E-state index contributed by atoms with van der Waals surface area (Å²) in [6.07, 6.45) is 2.59. The van der Waals surface area contributed by atoms with Gasteiger partial charge in [0.25, 0.3) is 5.91 Å². The van der Waals surface area contributed by atoms with Crippen molar-refractivity contribution in [3.63, 3.8) is 0 Å². The number of anilines is 1. The predicted octanol–water partition coefficient (Wildman–Crippen LogP) is 2.09. The second kappa shape index (κ2) is 9.56. The minimum absolute atomic E-state index is 0.100. The molecule has 1 aromatic carbocycles. The second-order valence-corrected chi connectivity index (χ2v) is 7.33. The monoisotopic (exact) mass is 439 g/mol. The van der Waals surface area contributed by atoms with Crippen LogP contribution >= 0.6 is 0 Å². The summed E-state index contributed by atoms with van der Waals surface area (Å²) in [5.41, 5.74) is 6.87. The molecule has 0 spiro atoms. The van der Waals surface area contributed by atoms with E-state index in [1.165, 1.54) is 13.2 Å². The van der Waals surface area contributed by atoms with Crippen molar-refractivity contribution in [1.82, 2.24) is 14.7 Å². The van der Waals surface area contributed by atoms with E-state index in [0.717, 1.165) is 5.56 Å². The molecule has 3 N–H and O–H groups in total. The van der Waals surface area contributed by atoms with Gasteiger partial charge in [-0.05, 0) is 42.5 Å². The maximum Gasteiger partial charge on any atom is 0.255 e. The molecule has 0 aliphatic carbocycles. The van der Waals surface area contributed by atoms with Crippen LogP contribution in [0, 0.1) is 17.7 Å². The highest BCUT2D eigenvalue weighted by atomic mass is 19.1. The third kappa shape index (κ3) is 4.30. The van der Waals surface area contributed by atoms with E-state index in [0.29, 0.717) is 31.7 Å². The van der Waals surface area contributed by atoms with Crippen LogP contribution in [0.25, 0.3) is 0 Å². The van der Waals surface area contributed by atoms with E-state index in [-0.39, 0.29) is 34.5 Å². The van der Waals surface area contributed by atoms with Crippen molar-refractivity contribution in [2.24, 2.45) is 5.73 Å². The number of benzene rings is 1. The van der Waals surface area contributed by atoms with Gasteiger partial charge in [0.05, 0.1) is 18.7 Å². The summed E-state index contributed by atoms with van der Waals surface area (Å²) in [6, 6.07) is 3.09. The Morgan fingerprint density at radius 3 is 2.78 bits per heavy atom. The zero-order chi connectivity index (χ0) is 23.4. The predicted molar refractivity (Wildman–Crippen MR) is 119 cm³/mol. The average molecular weight is 439 g/mol. The molecule has 2 heterocycles. The number of aromatic nitrogens is 2. The molecule has 1 fully saturated rings. The molecule has 168 valence electrons. The highest BCUT2D eigenvalue weighted by molar-refractivity contribution is 6.00. The van der Waals surface area contributed by atoms with Gasteiger partial charge in [0, 0.05) is 20.1 Å². The van der Waals surface area contributed by atoms with Gasteiger partial charge in [0.1, 0.15) is 11.4 Å². The van der Waals surface area contributed by atoms with Gasteiger partial charge >= 0.3 is 0 Å². The quantitative estimate of drug-likeness (QED) is 0.530. The highest BCUT2D eigenvalue weighted by Gasteiger charge is 2.31. The van der Waals surface area contributed by atoms with Crippen LogP contribution < -0.4 is 15.8 Å². The van der Waals surface area contributed by atoms with Crippen molar-refractivity contribution in [2.75, 3.05) is 32.6 Å². The van der Waals surface area contributed by atoms with Crippen LogP contribution in [0.15, 0.2) is 24.8 Å². The minimum Gasteiger partial charge on any atom is -0.494 e. The first-order chi connectivity index (χ1) is 15.3. The number of nitrogens with two attached hydrogens (primary N) is 1. The summed E-state index contributed by atoms with van der Waals surface area (Å²) in [4.78, 5) is 25.8. The molecule has 1 aliphatic rings. The smallest absolute Gasteiger partial charge is 0.255 e. The van der Waals surface area contributed by atoms with E-state index in [1.807, 2.05) is 6.92 Å². The minimum atomic E-state index is -0.706. The first kappa shape index (κ1) is 22.9. The first-order valence-electron chi connectivity index (χ1n) is 10.2. The number of nitrogens with one attached hydrogen (secondary N) is 1. The Morgan fingerprint density at radius 2 is 2.19 bits per heavy atom. The van der Waals surface area contributed by atoms with Gasteiger partial charge in [-0.1, -0.05) is 19.4 Å². The fraction of sp³-hybridized carbons (Fsp3) is 0.348. The van der Waals surface area contributed by atoms with Gasteiger partial charge in [-0.15, -0.1) is 0 Å². The molecule has 0 unspecified atom stereocenters. The molecule has 9 heteroatoms. The lowest BCUT2D eigenvalue weighted by molar-refractivity contribution is -0.125. The van der Waals surface area contributed by atoms with Crippen LogP contribution in [-0.4, -0.2) is 53.7 Å². The largest absolute Gasteiger partial charge is 0.494 e. The molecular formula is C23H26FN5O3. The molecule has 2 aromatic rings. The number of carbonyl (C=O) groups excluding carboxylic acids is 2. The van der Waals surface area contributed by atoms with Gasteiger partial charge < -0.3 is 20.7 Å². The zero-order valence-corrected chi connectivity index (χ0v) is 18.4. The maximum atomic E-state index is 14.7. The van der Waals surface area contributed by atoms with Crippen LogP contribution in [0.5, 0.6) is 5.75 Å². The molecule has 1 atom stereocenters. The third-order valence-electron chi connectivity index (χ3n) is 5.43. The van der Waals surface area contributed by atoms with Crippen LogP contribution in [0.3, 0.4) is 0 Å². The Morgan fingerprint density at radius 1 is 1.44 bits per heavy atom. The Bertz CT molecular complexity index is 1130. The van der Waals surface area contributed by atoms with Crippen molar-refractivity contribution in [2.45, 2.75) is 25.8 Å². The number of methoxy groups -OCH3 is 1. The van der Waals surface area contributed by atoms with Crippen molar-refractivity contribution in [1.29, 1.82) is 0 Å². The number of likely N-dealkylation sites (tertiary alicyclic amines) is 1. The third-order valence-corrected chi connectivity index (χ3v) is 5.43. The van der Waals surface area contributed by atoms with Crippen molar-refractivity contribution in [3.05, 3.63) is 53.0 Å². The summed E-state index contributed by atoms with van der Waals surface area (Å²) < 4.78 is 21.4. The summed E-state index contributed by atoms with van der Waals surface area (Å²) in [5, 5.41) is 7.46. The number of nitrogens with zero attached hydrogens (tertiary/aromatic N) is 3. The molecule has 3 rings (SSSR count). The number of rotatable bonds is 6. The van der Waals surface area contributed by atoms with Gasteiger partial charge in [0.2, 0.25) is 5.91 Å². The first-order valence-corrected chi connectivity index (χ1v) is 10.2. The van der Waals surface area contributed by atoms with Crippen molar-refractivity contribution in [3.8, 4) is 17.6 Å². The number of primary amides is 1. The van der Waals surface area contributed by atoms with Gasteiger partial charge in [-0.2, -0.15) is 5.10 Å². The number of hydrogen-bond donors (Lipinski definition) is 2. The molecule has 1 aliphatic heterocycles. The Balaban J connectivity index is 2.06. The summed E-state index contributed by atoms with van der Waals surface area (Å²) in [7, 11) is 3.04. The SMILES string of the molecule is C=CC(=O)N1CC[C@H](n2nc(C#Cc3cc(CC)cc(OC)c3F)c(C(N)=O)c2NC)C1. The van der Waals surface area contributed by atoms with Gasteiger partial charge in [-0.25, -0.2) is 9.07 Å². The number of carbonyl (C=O) groups is 2. The number of hydrogen-bond acceptors (Lipinski definition) is 5. The lowest BCUT2D eigenvalue weighted by Gasteiger charge is -2.16. The van der Waals surface area contributed by atoms with Gasteiger partial charge in [0.15, 0.2) is 17.3 Å². The van der Waals surface area contributed by atoms with E-state index in [2.05, 4.69) is 28.8 Å². The molecule has 32 heavy (non-hydrogen) atoms. The highest BCUT2D eigenvalue weighted by Crippen LogP contribution is 2.29. The number of ether oxygens (including phenoxy) is 1. The van der Waals surface area contributed by atoms with Crippen LogP contribution in [0.1, 0.15) is 46.6 Å². The molecule has 0 bridgehead atoms. The van der Waals surface area contributed by atoms with Crippen LogP contribution in [0.2, 0.25) is 0 Å².